The molecule has 0 heterocycles. The van der Waals surface area contributed by atoms with Gasteiger partial charge in [-0.15, -0.1) is 0 Å². The summed E-state index contributed by atoms with van der Waals surface area (Å²) in [5.41, 5.74) is 1.86. The Hall–Kier alpha value is -1.51. The molecular weight excluding hydrogens is 298 g/mol. The van der Waals surface area contributed by atoms with Crippen LogP contribution in [-0.4, -0.2) is 24.5 Å². The highest BCUT2D eigenvalue weighted by atomic mass is 16.5. The minimum atomic E-state index is 0.407. The Labute approximate surface area is 146 Å². The van der Waals surface area contributed by atoms with Gasteiger partial charge < -0.3 is 9.84 Å². The van der Waals surface area contributed by atoms with Crippen molar-refractivity contribution in [2.24, 2.45) is 10.9 Å². The van der Waals surface area contributed by atoms with E-state index in [1.165, 1.54) is 32.1 Å². The van der Waals surface area contributed by atoms with Crippen LogP contribution in [0.4, 0.5) is 0 Å². The number of ether oxygens (including phenoxy) is 1. The van der Waals surface area contributed by atoms with Crippen LogP contribution in [0.5, 0.6) is 11.5 Å². The maximum Gasteiger partial charge on any atom is 0.128 e. The van der Waals surface area contributed by atoms with Gasteiger partial charge in [0.05, 0.1) is 7.11 Å². The fourth-order valence-corrected chi connectivity index (χ4v) is 4.17. The second-order valence-electron chi connectivity index (χ2n) is 7.68. The summed E-state index contributed by atoms with van der Waals surface area (Å²) < 4.78 is 5.47. The van der Waals surface area contributed by atoms with Crippen molar-refractivity contribution in [1.82, 2.24) is 0 Å². The Bertz CT molecular complexity index is 567. The first kappa shape index (κ1) is 17.3. The zero-order valence-electron chi connectivity index (χ0n) is 15.1. The molecule has 0 aliphatic heterocycles. The lowest BCUT2D eigenvalue weighted by Crippen LogP contribution is -2.15. The zero-order chi connectivity index (χ0) is 16.9. The largest absolute Gasteiger partial charge is 0.507 e. The summed E-state index contributed by atoms with van der Waals surface area (Å²) in [5, 5.41) is 10.8. The Morgan fingerprint density at radius 2 is 1.75 bits per heavy atom. The van der Waals surface area contributed by atoms with E-state index in [9.17, 15) is 5.11 Å². The number of aliphatic imine (C=N–C) groups is 1. The summed E-state index contributed by atoms with van der Waals surface area (Å²) >= 11 is 0. The second-order valence-corrected chi connectivity index (χ2v) is 7.68. The molecule has 0 amide bonds. The lowest BCUT2D eigenvalue weighted by Gasteiger charge is -2.24. The molecule has 2 saturated carbocycles. The maximum absolute atomic E-state index is 10.8. The van der Waals surface area contributed by atoms with Gasteiger partial charge in [0.1, 0.15) is 11.5 Å². The monoisotopic (exact) mass is 329 g/mol. The van der Waals surface area contributed by atoms with Gasteiger partial charge in [0.25, 0.3) is 0 Å². The molecule has 2 aliphatic carbocycles. The van der Waals surface area contributed by atoms with E-state index in [0.29, 0.717) is 17.7 Å². The van der Waals surface area contributed by atoms with Gasteiger partial charge >= 0.3 is 0 Å². The Balaban J connectivity index is 1.81. The Morgan fingerprint density at radius 1 is 1.04 bits per heavy atom. The van der Waals surface area contributed by atoms with Crippen molar-refractivity contribution < 1.29 is 9.84 Å². The molecule has 3 heteroatoms. The third-order valence-electron chi connectivity index (χ3n) is 5.83. The topological polar surface area (TPSA) is 41.8 Å². The quantitative estimate of drug-likeness (QED) is 0.747. The van der Waals surface area contributed by atoms with Crippen molar-refractivity contribution in [3.05, 3.63) is 23.3 Å². The van der Waals surface area contributed by atoms with Crippen LogP contribution in [0.15, 0.2) is 17.1 Å². The molecule has 132 valence electrons. The average Bonchev–Trinajstić information content (AvgIpc) is 2.63. The normalized spacial score (nSPS) is 25.9. The van der Waals surface area contributed by atoms with Crippen molar-refractivity contribution in [2.75, 3.05) is 7.11 Å². The molecule has 0 bridgehead atoms. The van der Waals surface area contributed by atoms with Crippen molar-refractivity contribution in [1.29, 1.82) is 0 Å². The van der Waals surface area contributed by atoms with Gasteiger partial charge in [-0.25, -0.2) is 0 Å². The fraction of sp³-hybridized carbons (Fsp3) is 0.667. The molecule has 0 radical (unpaired) electrons. The van der Waals surface area contributed by atoms with Gasteiger partial charge in [0, 0.05) is 23.4 Å². The molecule has 2 aliphatic rings. The van der Waals surface area contributed by atoms with Gasteiger partial charge in [-0.1, -0.05) is 26.2 Å². The van der Waals surface area contributed by atoms with Crippen molar-refractivity contribution in [3.8, 4) is 11.5 Å². The number of hydrogen-bond donors (Lipinski definition) is 1. The molecule has 1 aromatic carbocycles. The zero-order valence-corrected chi connectivity index (χ0v) is 15.1. The smallest absolute Gasteiger partial charge is 0.128 e. The van der Waals surface area contributed by atoms with Gasteiger partial charge in [-0.05, 0) is 62.5 Å². The summed E-state index contributed by atoms with van der Waals surface area (Å²) in [7, 11) is 1.69. The highest BCUT2D eigenvalue weighted by Gasteiger charge is 2.22. The third kappa shape index (κ3) is 4.12. The number of aromatic hydroxyl groups is 1. The van der Waals surface area contributed by atoms with E-state index in [1.54, 1.807) is 7.11 Å². The molecule has 0 aromatic heterocycles. The first-order valence-electron chi connectivity index (χ1n) is 9.61. The first-order chi connectivity index (χ1) is 11.7. The van der Waals surface area contributed by atoms with Crippen LogP contribution >= 0.6 is 0 Å². The van der Waals surface area contributed by atoms with Crippen LogP contribution in [0.3, 0.4) is 0 Å². The van der Waals surface area contributed by atoms with E-state index in [0.717, 1.165) is 48.5 Å². The number of rotatable bonds is 4. The highest BCUT2D eigenvalue weighted by Crippen LogP contribution is 2.40. The van der Waals surface area contributed by atoms with Crippen LogP contribution in [0.25, 0.3) is 0 Å². The number of phenolic OH excluding ortho intramolecular Hbond substituents is 1. The van der Waals surface area contributed by atoms with Crippen LogP contribution in [0, 0.1) is 5.92 Å². The maximum atomic E-state index is 10.8. The van der Waals surface area contributed by atoms with Crippen molar-refractivity contribution in [2.45, 2.75) is 76.7 Å². The summed E-state index contributed by atoms with van der Waals surface area (Å²) in [4.78, 5) is 4.77. The van der Waals surface area contributed by atoms with E-state index in [1.807, 2.05) is 18.3 Å². The molecule has 3 rings (SSSR count). The van der Waals surface area contributed by atoms with Crippen LogP contribution in [0.2, 0.25) is 0 Å². The van der Waals surface area contributed by atoms with Crippen molar-refractivity contribution in [3.63, 3.8) is 0 Å². The summed E-state index contributed by atoms with van der Waals surface area (Å²) in [5.74, 6) is 2.53. The van der Waals surface area contributed by atoms with Crippen LogP contribution in [-0.2, 0) is 0 Å². The first-order valence-corrected chi connectivity index (χ1v) is 9.61. The molecule has 2 fully saturated rings. The highest BCUT2D eigenvalue weighted by molar-refractivity contribution is 5.85. The molecule has 0 atom stereocenters. The molecule has 0 spiro atoms. The van der Waals surface area contributed by atoms with Gasteiger partial charge in [0.2, 0.25) is 0 Å². The Kier molecular flexibility index (Phi) is 5.80. The minimum absolute atomic E-state index is 0.407. The Morgan fingerprint density at radius 3 is 2.42 bits per heavy atom. The average molecular weight is 329 g/mol. The van der Waals surface area contributed by atoms with E-state index in [-0.39, 0.29) is 0 Å². The van der Waals surface area contributed by atoms with Gasteiger partial charge in [-0.2, -0.15) is 0 Å². The molecule has 0 unspecified atom stereocenters. The van der Waals surface area contributed by atoms with Gasteiger partial charge in [0.15, 0.2) is 0 Å². The number of benzene rings is 1. The molecule has 3 nitrogen and oxygen atoms in total. The minimum Gasteiger partial charge on any atom is -0.507 e. The van der Waals surface area contributed by atoms with E-state index in [4.69, 9.17) is 9.73 Å². The lowest BCUT2D eigenvalue weighted by atomic mass is 9.83. The predicted molar refractivity (Wildman–Crippen MR) is 99.5 cm³/mol. The van der Waals surface area contributed by atoms with Gasteiger partial charge in [-0.3, -0.25) is 4.99 Å². The standard InChI is InChI=1S/C21H31NO2/c1-15-8-10-18(11-9-15)22-14-17-12-19(24-2)13-20(21(17)23)16-6-4-3-5-7-16/h12-16,18,23H,3-11H2,1-2H3. The number of methoxy groups -OCH3 is 1. The second kappa shape index (κ2) is 8.04. The van der Waals surface area contributed by atoms with E-state index >= 15 is 0 Å². The predicted octanol–water partition coefficient (Wildman–Crippen LogP) is 5.45. The molecule has 24 heavy (non-hydrogen) atoms. The fourth-order valence-electron chi connectivity index (χ4n) is 4.17. The molecule has 1 aromatic rings. The van der Waals surface area contributed by atoms with Crippen LogP contribution < -0.4 is 4.74 Å². The van der Waals surface area contributed by atoms with Crippen molar-refractivity contribution >= 4 is 6.21 Å². The SMILES string of the molecule is COc1cc(C=NC2CCC(C)CC2)c(O)c(C2CCCCC2)c1. The molecule has 1 N–H and O–H groups in total. The van der Waals surface area contributed by atoms with Crippen LogP contribution in [0.1, 0.15) is 81.8 Å². The summed E-state index contributed by atoms with van der Waals surface area (Å²) in [6.07, 6.45) is 12.9. The lowest BCUT2D eigenvalue weighted by molar-refractivity contribution is 0.350. The van der Waals surface area contributed by atoms with E-state index in [2.05, 4.69) is 6.92 Å². The molecular formula is C21H31NO2. The van der Waals surface area contributed by atoms with E-state index < -0.39 is 0 Å². The third-order valence-corrected chi connectivity index (χ3v) is 5.83. The summed E-state index contributed by atoms with van der Waals surface area (Å²) in [6.45, 7) is 2.32. The number of phenols is 1. The summed E-state index contributed by atoms with van der Waals surface area (Å²) in [6, 6.07) is 4.34. The number of nitrogens with zero attached hydrogens (tertiary/aromatic N) is 1. The molecule has 0 saturated heterocycles. The number of hydrogen-bond acceptors (Lipinski definition) is 3.